The van der Waals surface area contributed by atoms with Gasteiger partial charge in [0.1, 0.15) is 0 Å². The van der Waals surface area contributed by atoms with Gasteiger partial charge in [-0.15, -0.1) is 5.10 Å². The molecule has 0 bridgehead atoms. The molecule has 0 radical (unpaired) electrons. The Morgan fingerprint density at radius 2 is 2.07 bits per heavy atom. The van der Waals surface area contributed by atoms with E-state index in [0.29, 0.717) is 0 Å². The van der Waals surface area contributed by atoms with E-state index in [1.54, 1.807) is 23.0 Å². The molecule has 0 N–H and O–H groups in total. The smallest absolute Gasteiger partial charge is 0.292 e. The SMILES string of the molecule is CC(C)(C)n1cc2ccnnn2c1=O. The standard InChI is InChI=1S/C9H12N4O/c1-9(2,3)12-6-7-4-5-10-11-13(7)8(12)14/h4-6H,1-3H3. The van der Waals surface area contributed by atoms with E-state index >= 15 is 0 Å². The molecular formula is C9H12N4O. The first-order valence-electron chi connectivity index (χ1n) is 4.43. The van der Waals surface area contributed by atoms with Gasteiger partial charge in [-0.1, -0.05) is 5.21 Å². The summed E-state index contributed by atoms with van der Waals surface area (Å²) in [6.45, 7) is 5.92. The minimum Gasteiger partial charge on any atom is -0.292 e. The van der Waals surface area contributed by atoms with Crippen molar-refractivity contribution < 1.29 is 0 Å². The molecule has 2 aromatic rings. The summed E-state index contributed by atoms with van der Waals surface area (Å²) in [5, 5.41) is 7.42. The molecule has 0 aliphatic rings. The first-order valence-corrected chi connectivity index (χ1v) is 4.43. The summed E-state index contributed by atoms with van der Waals surface area (Å²) in [6.07, 6.45) is 3.36. The van der Waals surface area contributed by atoms with Gasteiger partial charge in [0, 0.05) is 11.7 Å². The van der Waals surface area contributed by atoms with Crippen molar-refractivity contribution >= 4 is 5.52 Å². The summed E-state index contributed by atoms with van der Waals surface area (Å²) in [5.41, 5.74) is 0.380. The summed E-state index contributed by atoms with van der Waals surface area (Å²) in [5.74, 6) is 0. The van der Waals surface area contributed by atoms with Gasteiger partial charge >= 0.3 is 5.69 Å². The summed E-state index contributed by atoms with van der Waals surface area (Å²) in [7, 11) is 0. The maximum Gasteiger partial charge on any atom is 0.351 e. The number of fused-ring (bicyclic) bond motifs is 1. The van der Waals surface area contributed by atoms with Gasteiger partial charge in [-0.2, -0.15) is 4.52 Å². The maximum absolute atomic E-state index is 11.8. The van der Waals surface area contributed by atoms with Crippen LogP contribution in [0, 0.1) is 0 Å². The third-order valence-electron chi connectivity index (χ3n) is 2.07. The van der Waals surface area contributed by atoms with Crippen molar-refractivity contribution in [3.63, 3.8) is 0 Å². The minimum absolute atomic E-state index is 0.152. The second kappa shape index (κ2) is 2.67. The van der Waals surface area contributed by atoms with E-state index in [2.05, 4.69) is 10.3 Å². The molecule has 0 atom stereocenters. The number of hydrogen-bond acceptors (Lipinski definition) is 3. The first kappa shape index (κ1) is 8.93. The zero-order valence-corrected chi connectivity index (χ0v) is 8.43. The van der Waals surface area contributed by atoms with E-state index in [1.165, 1.54) is 4.52 Å². The third-order valence-corrected chi connectivity index (χ3v) is 2.07. The zero-order chi connectivity index (χ0) is 10.3. The van der Waals surface area contributed by atoms with Crippen LogP contribution < -0.4 is 5.69 Å². The average Bonchev–Trinajstić information content (AvgIpc) is 2.44. The van der Waals surface area contributed by atoms with E-state index in [9.17, 15) is 4.79 Å². The van der Waals surface area contributed by atoms with Crippen LogP contribution in [-0.2, 0) is 5.54 Å². The number of rotatable bonds is 0. The lowest BCUT2D eigenvalue weighted by molar-refractivity contribution is 0.381. The van der Waals surface area contributed by atoms with Crippen molar-refractivity contribution in [2.24, 2.45) is 0 Å². The summed E-state index contributed by atoms with van der Waals surface area (Å²) in [6, 6.07) is 1.76. The van der Waals surface area contributed by atoms with Crippen LogP contribution >= 0.6 is 0 Å². The van der Waals surface area contributed by atoms with Crippen molar-refractivity contribution in [1.29, 1.82) is 0 Å². The van der Waals surface area contributed by atoms with Gasteiger partial charge in [-0.25, -0.2) is 4.79 Å². The fourth-order valence-corrected chi connectivity index (χ4v) is 1.33. The second-order valence-electron chi connectivity index (χ2n) is 4.21. The van der Waals surface area contributed by atoms with E-state index in [0.717, 1.165) is 5.52 Å². The van der Waals surface area contributed by atoms with E-state index < -0.39 is 0 Å². The fourth-order valence-electron chi connectivity index (χ4n) is 1.33. The molecule has 74 valence electrons. The number of imidazole rings is 1. The molecule has 0 saturated carbocycles. The normalized spacial score (nSPS) is 12.2. The molecule has 0 aliphatic heterocycles. The second-order valence-corrected chi connectivity index (χ2v) is 4.21. The van der Waals surface area contributed by atoms with Gasteiger partial charge in [0.05, 0.1) is 11.7 Å². The molecule has 0 aliphatic carbocycles. The molecule has 14 heavy (non-hydrogen) atoms. The van der Waals surface area contributed by atoms with Crippen LogP contribution in [0.5, 0.6) is 0 Å². The first-order chi connectivity index (χ1) is 6.50. The molecule has 0 fully saturated rings. The van der Waals surface area contributed by atoms with Crippen molar-refractivity contribution in [3.05, 3.63) is 28.9 Å². The predicted octanol–water partition coefficient (Wildman–Crippen LogP) is 0.646. The fraction of sp³-hybridized carbons (Fsp3) is 0.444. The predicted molar refractivity (Wildman–Crippen MR) is 52.2 cm³/mol. The van der Waals surface area contributed by atoms with Crippen molar-refractivity contribution in [2.45, 2.75) is 26.3 Å². The lowest BCUT2D eigenvalue weighted by atomic mass is 10.1. The van der Waals surface area contributed by atoms with Crippen LogP contribution in [0.1, 0.15) is 20.8 Å². The van der Waals surface area contributed by atoms with Crippen molar-refractivity contribution in [3.8, 4) is 0 Å². The summed E-state index contributed by atoms with van der Waals surface area (Å²) in [4.78, 5) is 11.8. The van der Waals surface area contributed by atoms with Gasteiger partial charge in [0.25, 0.3) is 0 Å². The van der Waals surface area contributed by atoms with Crippen molar-refractivity contribution in [1.82, 2.24) is 19.4 Å². The maximum atomic E-state index is 11.8. The molecule has 2 rings (SSSR count). The van der Waals surface area contributed by atoms with Crippen LogP contribution in [0.25, 0.3) is 5.52 Å². The molecule has 0 saturated heterocycles. The van der Waals surface area contributed by atoms with Crippen LogP contribution in [-0.4, -0.2) is 19.4 Å². The average molecular weight is 192 g/mol. The number of nitrogens with zero attached hydrogens (tertiary/aromatic N) is 4. The van der Waals surface area contributed by atoms with E-state index in [4.69, 9.17) is 0 Å². The van der Waals surface area contributed by atoms with Crippen LogP contribution in [0.3, 0.4) is 0 Å². The molecule has 0 spiro atoms. The highest BCUT2D eigenvalue weighted by atomic mass is 16.2. The zero-order valence-electron chi connectivity index (χ0n) is 8.43. The van der Waals surface area contributed by atoms with Gasteiger partial charge < -0.3 is 0 Å². The largest absolute Gasteiger partial charge is 0.351 e. The molecule has 0 unspecified atom stereocenters. The van der Waals surface area contributed by atoms with Crippen LogP contribution in [0.2, 0.25) is 0 Å². The third kappa shape index (κ3) is 1.21. The quantitative estimate of drug-likeness (QED) is 0.615. The van der Waals surface area contributed by atoms with Gasteiger partial charge in [0.2, 0.25) is 0 Å². The Hall–Kier alpha value is -1.65. The van der Waals surface area contributed by atoms with Gasteiger partial charge in [-0.3, -0.25) is 4.57 Å². The summed E-state index contributed by atoms with van der Waals surface area (Å²) < 4.78 is 2.95. The molecule has 2 aromatic heterocycles. The summed E-state index contributed by atoms with van der Waals surface area (Å²) >= 11 is 0. The molecule has 5 heteroatoms. The topological polar surface area (TPSA) is 52.2 Å². The Labute approximate surface area is 81.0 Å². The number of hydrogen-bond donors (Lipinski definition) is 0. The monoisotopic (exact) mass is 192 g/mol. The highest BCUT2D eigenvalue weighted by molar-refractivity contribution is 5.42. The lowest BCUT2D eigenvalue weighted by Gasteiger charge is -2.18. The lowest BCUT2D eigenvalue weighted by Crippen LogP contribution is -2.33. The van der Waals surface area contributed by atoms with Crippen LogP contribution in [0.4, 0.5) is 0 Å². The van der Waals surface area contributed by atoms with Gasteiger partial charge in [-0.05, 0) is 26.8 Å². The Bertz CT molecular complexity index is 517. The number of aromatic nitrogens is 4. The molecule has 5 nitrogen and oxygen atoms in total. The molecule has 0 amide bonds. The minimum atomic E-state index is -0.231. The Morgan fingerprint density at radius 3 is 2.64 bits per heavy atom. The van der Waals surface area contributed by atoms with E-state index in [-0.39, 0.29) is 11.2 Å². The Balaban J connectivity index is 2.82. The van der Waals surface area contributed by atoms with E-state index in [1.807, 2.05) is 20.8 Å². The Kier molecular flexibility index (Phi) is 1.70. The van der Waals surface area contributed by atoms with Crippen LogP contribution in [0.15, 0.2) is 23.3 Å². The highest BCUT2D eigenvalue weighted by Gasteiger charge is 2.17. The molecule has 2 heterocycles. The Morgan fingerprint density at radius 1 is 1.36 bits per heavy atom. The van der Waals surface area contributed by atoms with Crippen molar-refractivity contribution in [2.75, 3.05) is 0 Å². The molecular weight excluding hydrogens is 180 g/mol. The van der Waals surface area contributed by atoms with Gasteiger partial charge in [0.15, 0.2) is 0 Å². The highest BCUT2D eigenvalue weighted by Crippen LogP contribution is 2.11. The molecule has 0 aromatic carbocycles.